The molecule has 1 unspecified atom stereocenters. The zero-order chi connectivity index (χ0) is 20.1. The van der Waals surface area contributed by atoms with Crippen molar-refractivity contribution in [3.63, 3.8) is 0 Å². The minimum atomic E-state index is -0.917. The molecular formula is C23H24N4O2. The molecule has 0 amide bonds. The van der Waals surface area contributed by atoms with Gasteiger partial charge in [-0.05, 0) is 36.5 Å². The Bertz CT molecular complexity index is 956. The lowest BCUT2D eigenvalue weighted by molar-refractivity contribution is -0.137. The number of anilines is 2. The van der Waals surface area contributed by atoms with Gasteiger partial charge in [0.1, 0.15) is 18.2 Å². The topological polar surface area (TPSA) is 87.1 Å². The Morgan fingerprint density at radius 3 is 2.52 bits per heavy atom. The maximum atomic E-state index is 11.7. The molecular weight excluding hydrogens is 364 g/mol. The average Bonchev–Trinajstić information content (AvgIpc) is 3.58. The van der Waals surface area contributed by atoms with E-state index < -0.39 is 12.0 Å². The Labute approximate surface area is 170 Å². The molecule has 0 aliphatic heterocycles. The fraction of sp³-hybridized carbons (Fsp3) is 0.261. The summed E-state index contributed by atoms with van der Waals surface area (Å²) in [6, 6.07) is 18.7. The molecule has 1 aromatic heterocycles. The van der Waals surface area contributed by atoms with Gasteiger partial charge in [0.2, 0.25) is 0 Å². The Kier molecular flexibility index (Phi) is 5.70. The minimum absolute atomic E-state index is 0.372. The molecule has 3 aromatic rings. The molecule has 1 heterocycles. The second-order valence-corrected chi connectivity index (χ2v) is 7.41. The number of aliphatic carboxylic acids is 1. The lowest BCUT2D eigenvalue weighted by Crippen LogP contribution is -2.31. The Hall–Kier alpha value is -3.41. The summed E-state index contributed by atoms with van der Waals surface area (Å²) in [4.78, 5) is 20.2. The number of carboxylic acids is 1. The number of carbonyl (C=O) groups is 1. The van der Waals surface area contributed by atoms with E-state index in [2.05, 4.69) is 20.6 Å². The average molecular weight is 388 g/mol. The Morgan fingerprint density at radius 2 is 1.83 bits per heavy atom. The van der Waals surface area contributed by atoms with Crippen LogP contribution in [0.2, 0.25) is 0 Å². The van der Waals surface area contributed by atoms with Gasteiger partial charge in [-0.2, -0.15) is 0 Å². The monoisotopic (exact) mass is 388 g/mol. The minimum Gasteiger partial charge on any atom is -0.480 e. The predicted octanol–water partition coefficient (Wildman–Crippen LogP) is 4.07. The number of benzene rings is 2. The molecule has 148 valence electrons. The van der Waals surface area contributed by atoms with Crippen molar-refractivity contribution in [1.82, 2.24) is 9.97 Å². The van der Waals surface area contributed by atoms with Crippen LogP contribution in [-0.4, -0.2) is 33.6 Å². The first-order chi connectivity index (χ1) is 14.2. The normalized spacial score (nSPS) is 14.2. The molecule has 4 rings (SSSR count). The van der Waals surface area contributed by atoms with Crippen LogP contribution >= 0.6 is 0 Å². The van der Waals surface area contributed by atoms with E-state index in [1.54, 1.807) is 6.07 Å². The van der Waals surface area contributed by atoms with Crippen molar-refractivity contribution in [1.29, 1.82) is 0 Å². The van der Waals surface area contributed by atoms with E-state index in [9.17, 15) is 9.90 Å². The number of hydrogen-bond acceptors (Lipinski definition) is 5. The van der Waals surface area contributed by atoms with Crippen LogP contribution in [-0.2, 0) is 11.2 Å². The van der Waals surface area contributed by atoms with Crippen LogP contribution in [0.25, 0.3) is 11.3 Å². The zero-order valence-electron chi connectivity index (χ0n) is 16.1. The fourth-order valence-electron chi connectivity index (χ4n) is 3.17. The van der Waals surface area contributed by atoms with Gasteiger partial charge in [-0.1, -0.05) is 42.5 Å². The molecule has 1 fully saturated rings. The van der Waals surface area contributed by atoms with Crippen LogP contribution in [0.1, 0.15) is 18.4 Å². The molecule has 29 heavy (non-hydrogen) atoms. The predicted molar refractivity (Wildman–Crippen MR) is 114 cm³/mol. The van der Waals surface area contributed by atoms with Crippen molar-refractivity contribution in [2.45, 2.75) is 25.3 Å². The van der Waals surface area contributed by atoms with Crippen LogP contribution in [0.15, 0.2) is 67.0 Å². The van der Waals surface area contributed by atoms with Gasteiger partial charge in [0, 0.05) is 30.3 Å². The van der Waals surface area contributed by atoms with Gasteiger partial charge in [-0.15, -0.1) is 0 Å². The first-order valence-corrected chi connectivity index (χ1v) is 9.87. The van der Waals surface area contributed by atoms with E-state index in [-0.39, 0.29) is 0 Å². The highest BCUT2D eigenvalue weighted by molar-refractivity contribution is 5.77. The van der Waals surface area contributed by atoms with E-state index in [0.717, 1.165) is 35.0 Å². The zero-order valence-corrected chi connectivity index (χ0v) is 16.1. The summed E-state index contributed by atoms with van der Waals surface area (Å²) in [5.41, 5.74) is 3.76. The molecule has 1 atom stereocenters. The van der Waals surface area contributed by atoms with Crippen molar-refractivity contribution >= 4 is 17.5 Å². The molecule has 3 N–H and O–H groups in total. The molecule has 2 aromatic carbocycles. The summed E-state index contributed by atoms with van der Waals surface area (Å²) in [6.45, 7) is 1.03. The third kappa shape index (κ3) is 5.31. The van der Waals surface area contributed by atoms with Gasteiger partial charge in [0.25, 0.3) is 0 Å². The van der Waals surface area contributed by atoms with Gasteiger partial charge in [-0.25, -0.2) is 14.8 Å². The van der Waals surface area contributed by atoms with E-state index in [1.807, 2.05) is 54.6 Å². The van der Waals surface area contributed by atoms with Crippen molar-refractivity contribution in [2.24, 2.45) is 5.92 Å². The maximum Gasteiger partial charge on any atom is 0.326 e. The highest BCUT2D eigenvalue weighted by Crippen LogP contribution is 2.29. The van der Waals surface area contributed by atoms with Crippen molar-refractivity contribution < 1.29 is 9.90 Å². The van der Waals surface area contributed by atoms with Gasteiger partial charge < -0.3 is 15.7 Å². The number of rotatable bonds is 9. The van der Waals surface area contributed by atoms with Gasteiger partial charge in [-0.3, -0.25) is 0 Å². The van der Waals surface area contributed by atoms with E-state index in [0.29, 0.717) is 12.2 Å². The lowest BCUT2D eigenvalue weighted by atomic mass is 10.1. The molecule has 0 radical (unpaired) electrons. The molecule has 6 heteroatoms. The first kappa shape index (κ1) is 18.9. The molecule has 1 saturated carbocycles. The number of nitrogens with one attached hydrogen (secondary N) is 2. The maximum absolute atomic E-state index is 11.7. The largest absolute Gasteiger partial charge is 0.480 e. The van der Waals surface area contributed by atoms with Gasteiger partial charge >= 0.3 is 5.97 Å². The Balaban J connectivity index is 1.44. The summed E-state index contributed by atoms with van der Waals surface area (Å²) in [7, 11) is 0. The van der Waals surface area contributed by atoms with E-state index in [1.165, 1.54) is 19.2 Å². The summed E-state index contributed by atoms with van der Waals surface area (Å²) in [5, 5.41) is 16.1. The molecule has 1 aliphatic rings. The van der Waals surface area contributed by atoms with Gasteiger partial charge in [0.05, 0.1) is 5.69 Å². The quantitative estimate of drug-likeness (QED) is 0.512. The second-order valence-electron chi connectivity index (χ2n) is 7.41. The van der Waals surface area contributed by atoms with E-state index >= 15 is 0 Å². The Morgan fingerprint density at radius 1 is 1.07 bits per heavy atom. The summed E-state index contributed by atoms with van der Waals surface area (Å²) in [6.07, 6.45) is 4.47. The van der Waals surface area contributed by atoms with Gasteiger partial charge in [0.15, 0.2) is 0 Å². The molecule has 0 bridgehead atoms. The van der Waals surface area contributed by atoms with Crippen LogP contribution in [0.5, 0.6) is 0 Å². The third-order valence-corrected chi connectivity index (χ3v) is 5.04. The van der Waals surface area contributed by atoms with Crippen LogP contribution in [0.3, 0.4) is 0 Å². The fourth-order valence-corrected chi connectivity index (χ4v) is 3.17. The summed E-state index contributed by atoms with van der Waals surface area (Å²) < 4.78 is 0. The van der Waals surface area contributed by atoms with Crippen molar-refractivity contribution in [2.75, 3.05) is 17.2 Å². The van der Waals surface area contributed by atoms with Crippen LogP contribution in [0, 0.1) is 5.92 Å². The number of carboxylic acid groups (broad SMARTS) is 1. The van der Waals surface area contributed by atoms with Crippen LogP contribution in [0.4, 0.5) is 11.5 Å². The first-order valence-electron chi connectivity index (χ1n) is 9.87. The lowest BCUT2D eigenvalue weighted by Gasteiger charge is -2.15. The third-order valence-electron chi connectivity index (χ3n) is 5.04. The molecule has 0 saturated heterocycles. The van der Waals surface area contributed by atoms with Crippen molar-refractivity contribution in [3.05, 3.63) is 72.6 Å². The SMILES string of the molecule is O=C(O)C(Cc1ccccc1)Nc1cc(-c2ccc(NCC3CC3)cc2)ncn1. The molecule has 1 aliphatic carbocycles. The van der Waals surface area contributed by atoms with Crippen LogP contribution < -0.4 is 10.6 Å². The highest BCUT2D eigenvalue weighted by Gasteiger charge is 2.20. The smallest absolute Gasteiger partial charge is 0.326 e. The highest BCUT2D eigenvalue weighted by atomic mass is 16.4. The molecule has 6 nitrogen and oxygen atoms in total. The van der Waals surface area contributed by atoms with E-state index in [4.69, 9.17) is 0 Å². The van der Waals surface area contributed by atoms with Crippen molar-refractivity contribution in [3.8, 4) is 11.3 Å². The standard InChI is InChI=1S/C23H24N4O2/c28-23(29)21(12-16-4-2-1-3-5-16)27-22-13-20(25-15-26-22)18-8-10-19(11-9-18)24-14-17-6-7-17/h1-5,8-11,13,15,17,21,24H,6-7,12,14H2,(H,28,29)(H,25,26,27). The number of aromatic nitrogens is 2. The number of hydrogen-bond donors (Lipinski definition) is 3. The summed E-state index contributed by atoms with van der Waals surface area (Å²) >= 11 is 0. The number of nitrogens with zero attached hydrogens (tertiary/aromatic N) is 2. The second kappa shape index (κ2) is 8.73. The summed E-state index contributed by atoms with van der Waals surface area (Å²) in [5.74, 6) is 0.401. The molecule has 0 spiro atoms.